The van der Waals surface area contributed by atoms with Crippen LogP contribution in [-0.4, -0.2) is 22.6 Å². The zero-order chi connectivity index (χ0) is 16.4. The van der Waals surface area contributed by atoms with E-state index >= 15 is 0 Å². The summed E-state index contributed by atoms with van der Waals surface area (Å²) in [7, 11) is 0. The number of carbonyl (C=O) groups excluding carboxylic acids is 1. The number of thioether (sulfide) groups is 1. The van der Waals surface area contributed by atoms with Crippen molar-refractivity contribution in [1.29, 1.82) is 0 Å². The molecule has 1 aliphatic rings. The van der Waals surface area contributed by atoms with Gasteiger partial charge in [0.15, 0.2) is 0 Å². The highest BCUT2D eigenvalue weighted by atomic mass is 32.2. The van der Waals surface area contributed by atoms with E-state index in [1.54, 1.807) is 28.8 Å². The first kappa shape index (κ1) is 15.6. The minimum atomic E-state index is -0.506. The quantitative estimate of drug-likeness (QED) is 0.614. The van der Waals surface area contributed by atoms with E-state index < -0.39 is 4.92 Å². The van der Waals surface area contributed by atoms with Crippen molar-refractivity contribution in [2.75, 3.05) is 11.4 Å². The van der Waals surface area contributed by atoms with Crippen molar-refractivity contribution in [3.05, 3.63) is 64.2 Å². The number of benzene rings is 2. The Morgan fingerprint density at radius 2 is 1.91 bits per heavy atom. The van der Waals surface area contributed by atoms with E-state index in [0.29, 0.717) is 11.8 Å². The Hall–Kier alpha value is -2.34. The second-order valence-electron chi connectivity index (χ2n) is 5.42. The van der Waals surface area contributed by atoms with Gasteiger partial charge < -0.3 is 4.90 Å². The first-order chi connectivity index (χ1) is 11.1. The SMILES string of the molecule is C[C@@H]1CCN(C(=O)c2ccccc2[N+](=O)[O-])c2ccccc2S1. The number of nitrogens with zero attached hydrogens (tertiary/aromatic N) is 2. The van der Waals surface area contributed by atoms with Crippen LogP contribution in [0.3, 0.4) is 0 Å². The molecule has 3 rings (SSSR count). The molecule has 0 aromatic heterocycles. The molecule has 2 aromatic rings. The van der Waals surface area contributed by atoms with Crippen LogP contribution >= 0.6 is 11.8 Å². The van der Waals surface area contributed by atoms with Crippen LogP contribution in [-0.2, 0) is 0 Å². The van der Waals surface area contributed by atoms with E-state index in [1.807, 2.05) is 24.3 Å². The molecule has 0 fully saturated rings. The predicted octanol–water partition coefficient (Wildman–Crippen LogP) is 4.13. The van der Waals surface area contributed by atoms with Gasteiger partial charge in [0.2, 0.25) is 0 Å². The van der Waals surface area contributed by atoms with Gasteiger partial charge in [-0.15, -0.1) is 11.8 Å². The van der Waals surface area contributed by atoms with Crippen LogP contribution in [0.4, 0.5) is 11.4 Å². The second kappa shape index (κ2) is 6.42. The molecule has 0 radical (unpaired) electrons. The lowest BCUT2D eigenvalue weighted by atomic mass is 10.1. The van der Waals surface area contributed by atoms with Crippen LogP contribution in [0.1, 0.15) is 23.7 Å². The standard InChI is InChI=1S/C17H16N2O3S/c1-12-10-11-18(15-8-4-5-9-16(15)23-12)17(20)13-6-2-3-7-14(13)19(21)22/h2-9,12H,10-11H2,1H3/t12-/m1/s1. The lowest BCUT2D eigenvalue weighted by Crippen LogP contribution is -2.32. The highest BCUT2D eigenvalue weighted by Gasteiger charge is 2.28. The first-order valence-corrected chi connectivity index (χ1v) is 8.27. The average molecular weight is 328 g/mol. The summed E-state index contributed by atoms with van der Waals surface area (Å²) >= 11 is 1.73. The fourth-order valence-corrected chi connectivity index (χ4v) is 3.77. The number of hydrogen-bond donors (Lipinski definition) is 0. The monoisotopic (exact) mass is 328 g/mol. The Morgan fingerprint density at radius 3 is 2.70 bits per heavy atom. The van der Waals surface area contributed by atoms with Gasteiger partial charge in [-0.2, -0.15) is 0 Å². The number of rotatable bonds is 2. The fourth-order valence-electron chi connectivity index (χ4n) is 2.66. The Balaban J connectivity index is 2.05. The summed E-state index contributed by atoms with van der Waals surface area (Å²) in [5, 5.41) is 11.6. The normalized spacial score (nSPS) is 17.3. The summed E-state index contributed by atoms with van der Waals surface area (Å²) in [4.78, 5) is 26.4. The van der Waals surface area contributed by atoms with Crippen LogP contribution in [0.2, 0.25) is 0 Å². The molecule has 118 valence electrons. The molecule has 1 heterocycles. The molecule has 0 saturated heterocycles. The summed E-state index contributed by atoms with van der Waals surface area (Å²) in [5.74, 6) is -0.320. The van der Waals surface area contributed by atoms with Gasteiger partial charge in [0.25, 0.3) is 11.6 Å². The van der Waals surface area contributed by atoms with Gasteiger partial charge in [-0.05, 0) is 24.6 Å². The number of anilines is 1. The Morgan fingerprint density at radius 1 is 1.22 bits per heavy atom. The summed E-state index contributed by atoms with van der Waals surface area (Å²) in [6.07, 6.45) is 0.839. The third-order valence-corrected chi connectivity index (χ3v) is 5.06. The summed E-state index contributed by atoms with van der Waals surface area (Å²) in [5.41, 5.74) is 0.803. The molecule has 2 aromatic carbocycles. The van der Waals surface area contributed by atoms with Gasteiger partial charge in [-0.1, -0.05) is 31.2 Å². The molecule has 0 spiro atoms. The van der Waals surface area contributed by atoms with Gasteiger partial charge >= 0.3 is 0 Å². The molecular formula is C17H16N2O3S. The van der Waals surface area contributed by atoms with E-state index in [1.165, 1.54) is 12.1 Å². The third-order valence-electron chi connectivity index (χ3n) is 3.82. The Kier molecular flexibility index (Phi) is 4.34. The van der Waals surface area contributed by atoms with Crippen molar-refractivity contribution in [3.8, 4) is 0 Å². The molecule has 0 N–H and O–H groups in total. The van der Waals surface area contributed by atoms with Gasteiger partial charge in [0.1, 0.15) is 5.56 Å². The molecule has 0 aliphatic carbocycles. The summed E-state index contributed by atoms with van der Waals surface area (Å²) < 4.78 is 0. The molecule has 23 heavy (non-hydrogen) atoms. The van der Waals surface area contributed by atoms with Crippen LogP contribution < -0.4 is 4.90 Å². The minimum absolute atomic E-state index is 0.131. The largest absolute Gasteiger partial charge is 0.307 e. The molecule has 0 bridgehead atoms. The van der Waals surface area contributed by atoms with Crippen molar-refractivity contribution >= 4 is 29.0 Å². The maximum absolute atomic E-state index is 13.0. The summed E-state index contributed by atoms with van der Waals surface area (Å²) in [6, 6.07) is 13.8. The molecular weight excluding hydrogens is 312 g/mol. The lowest BCUT2D eigenvalue weighted by Gasteiger charge is -2.22. The molecule has 1 amide bonds. The number of fused-ring (bicyclic) bond motifs is 1. The Bertz CT molecular complexity index is 763. The zero-order valence-corrected chi connectivity index (χ0v) is 13.5. The number of hydrogen-bond acceptors (Lipinski definition) is 4. The second-order valence-corrected chi connectivity index (χ2v) is 6.90. The number of nitro benzene ring substituents is 1. The fraction of sp³-hybridized carbons (Fsp3) is 0.235. The van der Waals surface area contributed by atoms with Gasteiger partial charge in [0.05, 0.1) is 10.6 Å². The molecule has 0 unspecified atom stereocenters. The molecule has 6 heteroatoms. The first-order valence-electron chi connectivity index (χ1n) is 7.39. The van der Waals surface area contributed by atoms with Crippen molar-refractivity contribution < 1.29 is 9.72 Å². The van der Waals surface area contributed by atoms with Gasteiger partial charge in [-0.25, -0.2) is 0 Å². The number of carbonyl (C=O) groups is 1. The number of para-hydroxylation sites is 2. The number of amides is 1. The highest BCUT2D eigenvalue weighted by molar-refractivity contribution is 8.00. The zero-order valence-electron chi connectivity index (χ0n) is 12.6. The molecule has 0 saturated carbocycles. The topological polar surface area (TPSA) is 63.5 Å². The maximum Gasteiger partial charge on any atom is 0.282 e. The predicted molar refractivity (Wildman–Crippen MR) is 91.2 cm³/mol. The minimum Gasteiger partial charge on any atom is -0.307 e. The van der Waals surface area contributed by atoms with E-state index in [0.717, 1.165) is 17.0 Å². The third kappa shape index (κ3) is 3.07. The number of nitro groups is 1. The van der Waals surface area contributed by atoms with Gasteiger partial charge in [0, 0.05) is 22.8 Å². The van der Waals surface area contributed by atoms with E-state index in [2.05, 4.69) is 6.92 Å². The van der Waals surface area contributed by atoms with E-state index in [9.17, 15) is 14.9 Å². The van der Waals surface area contributed by atoms with Crippen molar-refractivity contribution in [1.82, 2.24) is 0 Å². The van der Waals surface area contributed by atoms with Crippen LogP contribution in [0.25, 0.3) is 0 Å². The van der Waals surface area contributed by atoms with Gasteiger partial charge in [-0.3, -0.25) is 14.9 Å². The van der Waals surface area contributed by atoms with E-state index in [-0.39, 0.29) is 17.2 Å². The smallest absolute Gasteiger partial charge is 0.282 e. The van der Waals surface area contributed by atoms with Crippen molar-refractivity contribution in [2.24, 2.45) is 0 Å². The van der Waals surface area contributed by atoms with Crippen LogP contribution in [0.5, 0.6) is 0 Å². The van der Waals surface area contributed by atoms with Crippen LogP contribution in [0, 0.1) is 10.1 Å². The molecule has 1 aliphatic heterocycles. The van der Waals surface area contributed by atoms with Crippen LogP contribution in [0.15, 0.2) is 53.4 Å². The molecule has 1 atom stereocenters. The highest BCUT2D eigenvalue weighted by Crippen LogP contribution is 2.38. The van der Waals surface area contributed by atoms with Crippen molar-refractivity contribution in [2.45, 2.75) is 23.5 Å². The Labute approximate surface area is 138 Å². The van der Waals surface area contributed by atoms with Crippen molar-refractivity contribution in [3.63, 3.8) is 0 Å². The average Bonchev–Trinajstić information content (AvgIpc) is 2.72. The summed E-state index contributed by atoms with van der Waals surface area (Å²) in [6.45, 7) is 2.68. The molecule has 5 nitrogen and oxygen atoms in total. The van der Waals surface area contributed by atoms with E-state index in [4.69, 9.17) is 0 Å². The maximum atomic E-state index is 13.0. The lowest BCUT2D eigenvalue weighted by molar-refractivity contribution is -0.385.